The Kier molecular flexibility index (Phi) is 6.04. The van der Waals surface area contributed by atoms with Gasteiger partial charge in [-0.3, -0.25) is 4.79 Å². The van der Waals surface area contributed by atoms with E-state index >= 15 is 0 Å². The van der Waals surface area contributed by atoms with Crippen LogP contribution >= 0.6 is 23.2 Å². The zero-order valence-corrected chi connectivity index (χ0v) is 13.1. The maximum Gasteiger partial charge on any atom is 0.224 e. The van der Waals surface area contributed by atoms with Gasteiger partial charge in [0, 0.05) is 6.42 Å². The Morgan fingerprint density at radius 3 is 2.59 bits per heavy atom. The number of ether oxygens (including phenoxy) is 1. The third-order valence-electron chi connectivity index (χ3n) is 2.86. The van der Waals surface area contributed by atoms with E-state index in [2.05, 4.69) is 5.32 Å². The number of hydrogen-bond donors (Lipinski definition) is 1. The molecule has 1 amide bonds. The van der Waals surface area contributed by atoms with Gasteiger partial charge in [-0.15, -0.1) is 0 Å². The Morgan fingerprint density at radius 1 is 1.14 bits per heavy atom. The van der Waals surface area contributed by atoms with Crippen LogP contribution < -0.4 is 10.1 Å². The van der Waals surface area contributed by atoms with Crippen LogP contribution in [0.2, 0.25) is 10.0 Å². The Hall–Kier alpha value is -1.78. The Labute approximate surface area is 138 Å². The zero-order valence-electron chi connectivity index (χ0n) is 11.6. The third kappa shape index (κ3) is 4.90. The summed E-state index contributed by atoms with van der Waals surface area (Å²) < 4.78 is 18.1. The van der Waals surface area contributed by atoms with E-state index in [0.717, 1.165) is 0 Å². The molecule has 2 aromatic carbocycles. The topological polar surface area (TPSA) is 38.3 Å². The van der Waals surface area contributed by atoms with Crippen molar-refractivity contribution in [3.8, 4) is 5.75 Å². The van der Waals surface area contributed by atoms with Gasteiger partial charge in [0.2, 0.25) is 5.91 Å². The lowest BCUT2D eigenvalue weighted by Gasteiger charge is -2.09. The predicted molar refractivity (Wildman–Crippen MR) is 86.2 cm³/mol. The number of rotatable bonds is 6. The fourth-order valence-corrected chi connectivity index (χ4v) is 2.11. The second-order valence-corrected chi connectivity index (χ2v) is 5.34. The van der Waals surface area contributed by atoms with Gasteiger partial charge in [-0.2, -0.15) is 0 Å². The SMILES string of the molecule is O=C(CCCOc1ccc(F)cc1)Nc1cccc(Cl)c1Cl. The second-order valence-electron chi connectivity index (χ2n) is 4.56. The number of amides is 1. The number of benzene rings is 2. The predicted octanol–water partition coefficient (Wildman–Crippen LogP) is 4.93. The maximum absolute atomic E-state index is 12.7. The average molecular weight is 342 g/mol. The Morgan fingerprint density at radius 2 is 1.86 bits per heavy atom. The second kappa shape index (κ2) is 8.01. The van der Waals surface area contributed by atoms with Gasteiger partial charge < -0.3 is 10.1 Å². The molecule has 0 radical (unpaired) electrons. The lowest BCUT2D eigenvalue weighted by atomic mass is 10.2. The molecule has 22 heavy (non-hydrogen) atoms. The molecule has 0 saturated heterocycles. The molecule has 0 unspecified atom stereocenters. The van der Waals surface area contributed by atoms with Crippen LogP contribution in [0.4, 0.5) is 10.1 Å². The van der Waals surface area contributed by atoms with Crippen molar-refractivity contribution in [1.82, 2.24) is 0 Å². The quantitative estimate of drug-likeness (QED) is 0.756. The summed E-state index contributed by atoms with van der Waals surface area (Å²) in [6, 6.07) is 10.8. The first-order valence-corrected chi connectivity index (χ1v) is 7.44. The van der Waals surface area contributed by atoms with Gasteiger partial charge in [-0.1, -0.05) is 29.3 Å². The first kappa shape index (κ1) is 16.6. The van der Waals surface area contributed by atoms with Gasteiger partial charge in [0.25, 0.3) is 0 Å². The molecule has 2 rings (SSSR count). The number of halogens is 3. The monoisotopic (exact) mass is 341 g/mol. The van der Waals surface area contributed by atoms with Crippen molar-refractivity contribution >= 4 is 34.8 Å². The fourth-order valence-electron chi connectivity index (χ4n) is 1.77. The molecule has 0 aliphatic carbocycles. The summed E-state index contributed by atoms with van der Waals surface area (Å²) in [5.41, 5.74) is 0.485. The van der Waals surface area contributed by atoms with Crippen LogP contribution in [0.15, 0.2) is 42.5 Å². The highest BCUT2D eigenvalue weighted by atomic mass is 35.5. The summed E-state index contributed by atoms with van der Waals surface area (Å²) >= 11 is 11.9. The number of nitrogens with one attached hydrogen (secondary N) is 1. The van der Waals surface area contributed by atoms with Gasteiger partial charge in [0.05, 0.1) is 22.3 Å². The summed E-state index contributed by atoms with van der Waals surface area (Å²) in [6.07, 6.45) is 0.811. The smallest absolute Gasteiger partial charge is 0.224 e. The molecule has 3 nitrogen and oxygen atoms in total. The summed E-state index contributed by atoms with van der Waals surface area (Å²) in [6.45, 7) is 0.363. The zero-order chi connectivity index (χ0) is 15.9. The van der Waals surface area contributed by atoms with E-state index in [1.807, 2.05) is 0 Å². The summed E-state index contributed by atoms with van der Waals surface area (Å²) in [4.78, 5) is 11.8. The molecular weight excluding hydrogens is 328 g/mol. The van der Waals surface area contributed by atoms with Crippen molar-refractivity contribution in [2.75, 3.05) is 11.9 Å². The van der Waals surface area contributed by atoms with E-state index in [-0.39, 0.29) is 18.1 Å². The molecule has 0 fully saturated rings. The normalized spacial score (nSPS) is 10.3. The molecule has 2 aromatic rings. The van der Waals surface area contributed by atoms with E-state index in [1.165, 1.54) is 12.1 Å². The largest absolute Gasteiger partial charge is 0.494 e. The Bertz CT molecular complexity index is 647. The van der Waals surface area contributed by atoms with Crippen LogP contribution in [0.25, 0.3) is 0 Å². The van der Waals surface area contributed by atoms with Crippen molar-refractivity contribution in [2.24, 2.45) is 0 Å². The highest BCUT2D eigenvalue weighted by Crippen LogP contribution is 2.29. The van der Waals surface area contributed by atoms with E-state index < -0.39 is 0 Å². The minimum atomic E-state index is -0.315. The van der Waals surface area contributed by atoms with Crippen LogP contribution in [0, 0.1) is 5.82 Å². The average Bonchev–Trinajstić information content (AvgIpc) is 2.50. The molecule has 6 heteroatoms. The van der Waals surface area contributed by atoms with Crippen molar-refractivity contribution < 1.29 is 13.9 Å². The molecule has 0 atom stereocenters. The van der Waals surface area contributed by atoms with Gasteiger partial charge >= 0.3 is 0 Å². The number of carbonyl (C=O) groups is 1. The highest BCUT2D eigenvalue weighted by Gasteiger charge is 2.08. The van der Waals surface area contributed by atoms with Gasteiger partial charge in [0.15, 0.2) is 0 Å². The van der Waals surface area contributed by atoms with E-state index in [4.69, 9.17) is 27.9 Å². The van der Waals surface area contributed by atoms with Crippen LogP contribution in [0.1, 0.15) is 12.8 Å². The molecule has 0 bridgehead atoms. The molecule has 0 aliphatic heterocycles. The maximum atomic E-state index is 12.7. The minimum absolute atomic E-state index is 0.174. The third-order valence-corrected chi connectivity index (χ3v) is 3.68. The molecule has 1 N–H and O–H groups in total. The summed E-state index contributed by atoms with van der Waals surface area (Å²) in [5.74, 6) is 0.0803. The van der Waals surface area contributed by atoms with Crippen LogP contribution in [-0.2, 0) is 4.79 Å². The molecule has 0 heterocycles. The molecule has 0 saturated carbocycles. The minimum Gasteiger partial charge on any atom is -0.494 e. The highest BCUT2D eigenvalue weighted by molar-refractivity contribution is 6.43. The van der Waals surface area contributed by atoms with E-state index in [1.54, 1.807) is 30.3 Å². The molecule has 116 valence electrons. The van der Waals surface area contributed by atoms with Crippen molar-refractivity contribution in [3.63, 3.8) is 0 Å². The molecule has 0 aliphatic rings. The molecule has 0 spiro atoms. The summed E-state index contributed by atoms with van der Waals surface area (Å²) in [5, 5.41) is 3.40. The van der Waals surface area contributed by atoms with Crippen molar-refractivity contribution in [3.05, 3.63) is 58.3 Å². The number of hydrogen-bond acceptors (Lipinski definition) is 2. The lowest BCUT2D eigenvalue weighted by Crippen LogP contribution is -2.13. The van der Waals surface area contributed by atoms with Crippen molar-refractivity contribution in [2.45, 2.75) is 12.8 Å². The molecular formula is C16H14Cl2FNO2. The van der Waals surface area contributed by atoms with Crippen LogP contribution in [0.5, 0.6) is 5.75 Å². The molecule has 0 aromatic heterocycles. The first-order valence-electron chi connectivity index (χ1n) is 6.68. The number of carbonyl (C=O) groups excluding carboxylic acids is 1. The summed E-state index contributed by atoms with van der Waals surface area (Å²) in [7, 11) is 0. The van der Waals surface area contributed by atoms with Gasteiger partial charge in [-0.05, 0) is 42.8 Å². The first-order chi connectivity index (χ1) is 10.6. The van der Waals surface area contributed by atoms with Gasteiger partial charge in [-0.25, -0.2) is 4.39 Å². The Balaban J connectivity index is 1.74. The van der Waals surface area contributed by atoms with E-state index in [0.29, 0.717) is 34.5 Å². The van der Waals surface area contributed by atoms with Crippen LogP contribution in [0.3, 0.4) is 0 Å². The lowest BCUT2D eigenvalue weighted by molar-refractivity contribution is -0.116. The van der Waals surface area contributed by atoms with Crippen molar-refractivity contribution in [1.29, 1.82) is 0 Å². The van der Waals surface area contributed by atoms with Gasteiger partial charge in [0.1, 0.15) is 11.6 Å². The van der Waals surface area contributed by atoms with E-state index in [9.17, 15) is 9.18 Å². The standard InChI is InChI=1S/C16H14Cl2FNO2/c17-13-3-1-4-14(16(13)18)20-15(21)5-2-10-22-12-8-6-11(19)7-9-12/h1,3-4,6-9H,2,5,10H2,(H,20,21). The van der Waals surface area contributed by atoms with Crippen LogP contribution in [-0.4, -0.2) is 12.5 Å². The number of anilines is 1. The fraction of sp³-hybridized carbons (Fsp3) is 0.188.